The second kappa shape index (κ2) is 6.05. The summed E-state index contributed by atoms with van der Waals surface area (Å²) in [4.78, 5) is 12.5. The normalized spacial score (nSPS) is 25.8. The van der Waals surface area contributed by atoms with E-state index in [9.17, 15) is 23.1 Å². The summed E-state index contributed by atoms with van der Waals surface area (Å²) in [5.41, 5.74) is 2.60. The molecule has 1 rings (SSSR count). The average Bonchev–Trinajstić information content (AvgIpc) is 2.60. The van der Waals surface area contributed by atoms with Gasteiger partial charge in [-0.15, -0.1) is 12.4 Å². The van der Waals surface area contributed by atoms with E-state index in [1.54, 1.807) is 0 Å². The van der Waals surface area contributed by atoms with Crippen molar-refractivity contribution in [3.05, 3.63) is 0 Å². The number of likely N-dealkylation sites (tertiary alicyclic amines) is 1. The quantitative estimate of drug-likeness (QED) is 0.762. The van der Waals surface area contributed by atoms with Gasteiger partial charge in [0.2, 0.25) is 5.91 Å². The maximum absolute atomic E-state index is 12.5. The molecule has 1 amide bonds. The Kier molecular flexibility index (Phi) is 5.86. The van der Waals surface area contributed by atoms with Crippen LogP contribution in [-0.4, -0.2) is 60.5 Å². The molecule has 0 saturated carbocycles. The Hall–Kier alpha value is -0.570. The highest BCUT2D eigenvalue weighted by molar-refractivity contribution is 5.85. The minimum absolute atomic E-state index is 0. The van der Waals surface area contributed by atoms with E-state index < -0.39 is 36.7 Å². The van der Waals surface area contributed by atoms with Crippen molar-refractivity contribution in [3.8, 4) is 0 Å². The van der Waals surface area contributed by atoms with Crippen LogP contribution in [0.1, 0.15) is 6.42 Å². The number of rotatable bonds is 3. The van der Waals surface area contributed by atoms with E-state index in [-0.39, 0.29) is 25.6 Å². The summed E-state index contributed by atoms with van der Waals surface area (Å²) in [5, 5.41) is 9.37. The van der Waals surface area contributed by atoms with Gasteiger partial charge in [0.1, 0.15) is 6.04 Å². The van der Waals surface area contributed by atoms with Crippen LogP contribution in [0.25, 0.3) is 0 Å². The summed E-state index contributed by atoms with van der Waals surface area (Å²) in [7, 11) is 1.34. The summed E-state index contributed by atoms with van der Waals surface area (Å²) in [6.45, 7) is -1.00. The lowest BCUT2D eigenvalue weighted by Crippen LogP contribution is -2.51. The first-order chi connectivity index (χ1) is 7.71. The predicted octanol–water partition coefficient (Wildman–Crippen LogP) is -0.0924. The second-order valence-corrected chi connectivity index (χ2v) is 4.10. The zero-order valence-electron chi connectivity index (χ0n) is 9.74. The molecule has 0 spiro atoms. The number of hydrogen-bond donors (Lipinski definition) is 2. The highest BCUT2D eigenvalue weighted by Gasteiger charge is 2.57. The third-order valence-electron chi connectivity index (χ3n) is 2.75. The van der Waals surface area contributed by atoms with Crippen molar-refractivity contribution >= 4 is 18.3 Å². The van der Waals surface area contributed by atoms with Crippen molar-refractivity contribution in [2.75, 3.05) is 26.8 Å². The third kappa shape index (κ3) is 3.47. The summed E-state index contributed by atoms with van der Waals surface area (Å²) < 4.78 is 42.1. The molecule has 2 unspecified atom stereocenters. The molecule has 0 aromatic heterocycles. The van der Waals surface area contributed by atoms with Crippen LogP contribution in [0.5, 0.6) is 0 Å². The Morgan fingerprint density at radius 1 is 1.61 bits per heavy atom. The molecule has 1 saturated heterocycles. The van der Waals surface area contributed by atoms with Gasteiger partial charge in [-0.05, 0) is 0 Å². The molecule has 9 heteroatoms. The summed E-state index contributed by atoms with van der Waals surface area (Å²) >= 11 is 0. The molecule has 1 aliphatic heterocycles. The van der Waals surface area contributed by atoms with Crippen LogP contribution in [0.3, 0.4) is 0 Å². The molecular formula is C9H16ClF3N2O3. The molecule has 0 aliphatic carbocycles. The Morgan fingerprint density at radius 3 is 2.56 bits per heavy atom. The smallest absolute Gasteiger partial charge is 0.383 e. The zero-order chi connectivity index (χ0) is 13.3. The largest absolute Gasteiger partial charge is 0.419 e. The standard InChI is InChI=1S/C9H15F3N2O3.ClH/c1-17-4-6(13)7(15)14-3-2-8(16,5-14)9(10,11)12;/h6,16H,2-5,13H2,1H3;1H. The molecule has 3 N–H and O–H groups in total. The van der Waals surface area contributed by atoms with E-state index in [0.29, 0.717) is 0 Å². The number of β-amino-alcohol motifs (C(OH)–C–C–N with tert-alkyl or cyclic N) is 1. The van der Waals surface area contributed by atoms with Gasteiger partial charge in [0, 0.05) is 20.1 Å². The lowest BCUT2D eigenvalue weighted by Gasteiger charge is -2.26. The van der Waals surface area contributed by atoms with Crippen molar-refractivity contribution in [1.29, 1.82) is 0 Å². The number of nitrogens with zero attached hydrogens (tertiary/aromatic N) is 1. The van der Waals surface area contributed by atoms with Crippen molar-refractivity contribution in [3.63, 3.8) is 0 Å². The first-order valence-corrected chi connectivity index (χ1v) is 5.04. The number of aliphatic hydroxyl groups is 1. The van der Waals surface area contributed by atoms with Crippen LogP contribution >= 0.6 is 12.4 Å². The SMILES string of the molecule is COCC(N)C(=O)N1CCC(O)(C(F)(F)F)C1.Cl. The van der Waals surface area contributed by atoms with Gasteiger partial charge in [-0.25, -0.2) is 0 Å². The minimum Gasteiger partial charge on any atom is -0.383 e. The molecule has 0 bridgehead atoms. The molecular weight excluding hydrogens is 277 g/mol. The Labute approximate surface area is 108 Å². The number of methoxy groups -OCH3 is 1. The highest BCUT2D eigenvalue weighted by Crippen LogP contribution is 2.37. The van der Waals surface area contributed by atoms with Crippen molar-refractivity contribution in [2.45, 2.75) is 24.2 Å². The predicted molar refractivity (Wildman–Crippen MR) is 59.3 cm³/mol. The lowest BCUT2D eigenvalue weighted by molar-refractivity contribution is -0.253. The first kappa shape index (κ1) is 17.4. The fourth-order valence-electron chi connectivity index (χ4n) is 1.70. The van der Waals surface area contributed by atoms with Crippen LogP contribution in [0.4, 0.5) is 13.2 Å². The van der Waals surface area contributed by atoms with Gasteiger partial charge >= 0.3 is 6.18 Å². The molecule has 0 radical (unpaired) electrons. The van der Waals surface area contributed by atoms with Crippen LogP contribution in [0.15, 0.2) is 0 Å². The summed E-state index contributed by atoms with van der Waals surface area (Å²) in [5.74, 6) is -0.646. The molecule has 2 atom stereocenters. The van der Waals surface area contributed by atoms with Gasteiger partial charge in [0.05, 0.1) is 13.2 Å². The van der Waals surface area contributed by atoms with Gasteiger partial charge in [-0.3, -0.25) is 4.79 Å². The third-order valence-corrected chi connectivity index (χ3v) is 2.75. The fraction of sp³-hybridized carbons (Fsp3) is 0.889. The van der Waals surface area contributed by atoms with E-state index in [2.05, 4.69) is 4.74 Å². The summed E-state index contributed by atoms with van der Waals surface area (Å²) in [6, 6.07) is -1.00. The lowest BCUT2D eigenvalue weighted by atomic mass is 10.0. The van der Waals surface area contributed by atoms with Crippen LogP contribution in [-0.2, 0) is 9.53 Å². The molecule has 18 heavy (non-hydrogen) atoms. The van der Waals surface area contributed by atoms with Gasteiger partial charge in [-0.1, -0.05) is 0 Å². The Morgan fingerprint density at radius 2 is 2.17 bits per heavy atom. The maximum Gasteiger partial charge on any atom is 0.419 e. The number of carbonyl (C=O) groups excluding carboxylic acids is 1. The first-order valence-electron chi connectivity index (χ1n) is 5.04. The summed E-state index contributed by atoms with van der Waals surface area (Å²) in [6.07, 6.45) is -5.27. The highest BCUT2D eigenvalue weighted by atomic mass is 35.5. The van der Waals surface area contributed by atoms with Crippen LogP contribution in [0, 0.1) is 0 Å². The molecule has 108 valence electrons. The molecule has 0 aromatic rings. The van der Waals surface area contributed by atoms with E-state index in [0.717, 1.165) is 4.90 Å². The number of amides is 1. The molecule has 1 heterocycles. The van der Waals surface area contributed by atoms with Gasteiger partial charge in [0.15, 0.2) is 5.60 Å². The Balaban J connectivity index is 0.00000289. The molecule has 1 aliphatic rings. The molecule has 5 nitrogen and oxygen atoms in total. The molecule has 0 aromatic carbocycles. The number of nitrogens with two attached hydrogens (primary N) is 1. The Bertz CT molecular complexity index is 303. The van der Waals surface area contributed by atoms with Gasteiger partial charge in [0.25, 0.3) is 0 Å². The average molecular weight is 293 g/mol. The van der Waals surface area contributed by atoms with Crippen LogP contribution in [0.2, 0.25) is 0 Å². The van der Waals surface area contributed by atoms with Crippen molar-refractivity contribution < 1.29 is 27.8 Å². The monoisotopic (exact) mass is 292 g/mol. The number of ether oxygens (including phenoxy) is 1. The van der Waals surface area contributed by atoms with E-state index in [4.69, 9.17) is 5.73 Å². The topological polar surface area (TPSA) is 75.8 Å². The van der Waals surface area contributed by atoms with E-state index in [1.807, 2.05) is 0 Å². The van der Waals surface area contributed by atoms with E-state index in [1.165, 1.54) is 7.11 Å². The zero-order valence-corrected chi connectivity index (χ0v) is 10.6. The maximum atomic E-state index is 12.5. The van der Waals surface area contributed by atoms with E-state index >= 15 is 0 Å². The fourth-order valence-corrected chi connectivity index (χ4v) is 1.70. The van der Waals surface area contributed by atoms with Crippen molar-refractivity contribution in [2.24, 2.45) is 5.73 Å². The number of halogens is 4. The number of alkyl halides is 3. The minimum atomic E-state index is -4.74. The number of carbonyl (C=O) groups is 1. The van der Waals surface area contributed by atoms with Crippen LogP contribution < -0.4 is 5.73 Å². The van der Waals surface area contributed by atoms with Gasteiger partial charge < -0.3 is 20.5 Å². The van der Waals surface area contributed by atoms with Gasteiger partial charge in [-0.2, -0.15) is 13.2 Å². The second-order valence-electron chi connectivity index (χ2n) is 4.10. The molecule has 1 fully saturated rings. The van der Waals surface area contributed by atoms with Crippen molar-refractivity contribution in [1.82, 2.24) is 4.90 Å². The number of hydrogen-bond acceptors (Lipinski definition) is 4.